The van der Waals surface area contributed by atoms with Gasteiger partial charge in [0.1, 0.15) is 6.61 Å². The summed E-state index contributed by atoms with van der Waals surface area (Å²) in [6.45, 7) is 0.0175. The predicted octanol–water partition coefficient (Wildman–Crippen LogP) is 4.23. The summed E-state index contributed by atoms with van der Waals surface area (Å²) in [5.74, 6) is 1.11. The van der Waals surface area contributed by atoms with E-state index in [4.69, 9.17) is 25.8 Å². The number of rotatable bonds is 6. The van der Waals surface area contributed by atoms with Gasteiger partial charge in [0, 0.05) is 28.2 Å². The smallest absolute Gasteiger partial charge is 0.317 e. The number of hydrogen-bond donors (Lipinski definition) is 1. The second-order valence-electron chi connectivity index (χ2n) is 6.44. The van der Waals surface area contributed by atoms with Crippen LogP contribution >= 0.6 is 11.6 Å². The Kier molecular flexibility index (Phi) is 5.54. The number of nitrogens with zero attached hydrogens (tertiary/aromatic N) is 2. The van der Waals surface area contributed by atoms with E-state index in [1.165, 1.54) is 0 Å². The molecule has 0 aliphatic heterocycles. The SMILES string of the molecule is COc1cc2cc(COc3nccc(-c4ccc(Cl)cc4)n3)c(=O)[nH]c2cc1OC. The molecular weight excluding hydrogens is 406 g/mol. The summed E-state index contributed by atoms with van der Waals surface area (Å²) in [5, 5.41) is 1.44. The quantitative estimate of drug-likeness (QED) is 0.499. The molecule has 7 nitrogen and oxygen atoms in total. The molecule has 0 aliphatic rings. The maximum atomic E-state index is 12.5. The highest BCUT2D eigenvalue weighted by Crippen LogP contribution is 2.31. The lowest BCUT2D eigenvalue weighted by Gasteiger charge is -2.10. The number of aromatic amines is 1. The van der Waals surface area contributed by atoms with Gasteiger partial charge in [0.2, 0.25) is 0 Å². The minimum absolute atomic E-state index is 0.0175. The average molecular weight is 424 g/mol. The van der Waals surface area contributed by atoms with E-state index in [9.17, 15) is 4.79 Å². The Morgan fingerprint density at radius 1 is 1.00 bits per heavy atom. The molecule has 8 heteroatoms. The molecule has 0 bridgehead atoms. The number of fused-ring (bicyclic) bond motifs is 1. The van der Waals surface area contributed by atoms with Gasteiger partial charge in [-0.25, -0.2) is 4.98 Å². The van der Waals surface area contributed by atoms with Gasteiger partial charge in [-0.2, -0.15) is 4.98 Å². The number of hydrogen-bond acceptors (Lipinski definition) is 6. The first-order valence-electron chi connectivity index (χ1n) is 9.07. The molecule has 152 valence electrons. The molecule has 0 aliphatic carbocycles. The maximum Gasteiger partial charge on any atom is 0.317 e. The number of benzene rings is 2. The molecule has 30 heavy (non-hydrogen) atoms. The molecule has 0 unspecified atom stereocenters. The van der Waals surface area contributed by atoms with Gasteiger partial charge in [0.25, 0.3) is 5.56 Å². The van der Waals surface area contributed by atoms with Crippen molar-refractivity contribution >= 4 is 22.5 Å². The number of H-pyrrole nitrogens is 1. The largest absolute Gasteiger partial charge is 0.493 e. The molecular formula is C22H18ClN3O4. The van der Waals surface area contributed by atoms with E-state index < -0.39 is 0 Å². The topological polar surface area (TPSA) is 86.3 Å². The van der Waals surface area contributed by atoms with Gasteiger partial charge in [-0.15, -0.1) is 0 Å². The molecule has 0 radical (unpaired) electrons. The van der Waals surface area contributed by atoms with Crippen molar-refractivity contribution in [1.82, 2.24) is 15.0 Å². The lowest BCUT2D eigenvalue weighted by Crippen LogP contribution is -2.15. The normalized spacial score (nSPS) is 10.8. The molecule has 0 saturated carbocycles. The van der Waals surface area contributed by atoms with Crippen LogP contribution in [0.15, 0.2) is 59.5 Å². The Balaban J connectivity index is 1.59. The summed E-state index contributed by atoms with van der Waals surface area (Å²) >= 11 is 5.94. The van der Waals surface area contributed by atoms with E-state index >= 15 is 0 Å². The second-order valence-corrected chi connectivity index (χ2v) is 6.87. The van der Waals surface area contributed by atoms with E-state index in [0.717, 1.165) is 10.9 Å². The summed E-state index contributed by atoms with van der Waals surface area (Å²) in [6.07, 6.45) is 1.61. The third kappa shape index (κ3) is 4.06. The van der Waals surface area contributed by atoms with Crippen molar-refractivity contribution in [2.24, 2.45) is 0 Å². The number of ether oxygens (including phenoxy) is 3. The van der Waals surface area contributed by atoms with Crippen LogP contribution in [0.5, 0.6) is 17.5 Å². The number of aromatic nitrogens is 3. The molecule has 0 atom stereocenters. The monoisotopic (exact) mass is 423 g/mol. The number of nitrogens with one attached hydrogen (secondary N) is 1. The fourth-order valence-corrected chi connectivity index (χ4v) is 3.15. The van der Waals surface area contributed by atoms with Crippen molar-refractivity contribution in [2.45, 2.75) is 6.61 Å². The molecule has 1 N–H and O–H groups in total. The average Bonchev–Trinajstić information content (AvgIpc) is 2.77. The summed E-state index contributed by atoms with van der Waals surface area (Å²) in [5.41, 5.74) is 2.40. The Labute approximate surface area is 177 Å². The fraction of sp³-hybridized carbons (Fsp3) is 0.136. The van der Waals surface area contributed by atoms with E-state index in [1.807, 2.05) is 12.1 Å². The van der Waals surface area contributed by atoms with Gasteiger partial charge in [0.05, 0.1) is 31.0 Å². The minimum atomic E-state index is -0.261. The van der Waals surface area contributed by atoms with Crippen molar-refractivity contribution in [3.05, 3.63) is 75.7 Å². The lowest BCUT2D eigenvalue weighted by atomic mass is 10.1. The summed E-state index contributed by atoms with van der Waals surface area (Å²) in [4.78, 5) is 23.8. The number of halogens is 1. The number of pyridine rings is 1. The zero-order valence-electron chi connectivity index (χ0n) is 16.3. The molecule has 0 spiro atoms. The zero-order valence-corrected chi connectivity index (χ0v) is 17.1. The van der Waals surface area contributed by atoms with Crippen LogP contribution < -0.4 is 19.8 Å². The van der Waals surface area contributed by atoms with Crippen LogP contribution in [0.2, 0.25) is 5.02 Å². The first kappa shape index (κ1) is 19.7. The fourth-order valence-electron chi connectivity index (χ4n) is 3.02. The molecule has 0 fully saturated rings. The molecule has 2 aromatic carbocycles. The van der Waals surface area contributed by atoms with Crippen molar-refractivity contribution in [2.75, 3.05) is 14.2 Å². The van der Waals surface area contributed by atoms with Crippen molar-refractivity contribution < 1.29 is 14.2 Å². The van der Waals surface area contributed by atoms with Crippen LogP contribution in [-0.4, -0.2) is 29.2 Å². The van der Waals surface area contributed by atoms with E-state index in [-0.39, 0.29) is 18.2 Å². The van der Waals surface area contributed by atoms with Crippen LogP contribution in [0.4, 0.5) is 0 Å². The van der Waals surface area contributed by atoms with Crippen molar-refractivity contribution in [3.8, 4) is 28.8 Å². The molecule has 0 amide bonds. The molecule has 0 saturated heterocycles. The van der Waals surface area contributed by atoms with Gasteiger partial charge in [-0.1, -0.05) is 23.7 Å². The Hall–Kier alpha value is -3.58. The van der Waals surface area contributed by atoms with Gasteiger partial charge >= 0.3 is 6.01 Å². The van der Waals surface area contributed by atoms with Crippen molar-refractivity contribution in [3.63, 3.8) is 0 Å². The van der Waals surface area contributed by atoms with Gasteiger partial charge in [-0.05, 0) is 30.3 Å². The molecule has 4 rings (SSSR count). The highest BCUT2D eigenvalue weighted by Gasteiger charge is 2.11. The summed E-state index contributed by atoms with van der Waals surface area (Å²) in [6, 6.07) is 14.5. The van der Waals surface area contributed by atoms with E-state index in [2.05, 4.69) is 15.0 Å². The van der Waals surface area contributed by atoms with E-state index in [0.29, 0.717) is 33.3 Å². The summed E-state index contributed by atoms with van der Waals surface area (Å²) < 4.78 is 16.3. The summed E-state index contributed by atoms with van der Waals surface area (Å²) in [7, 11) is 3.10. The van der Waals surface area contributed by atoms with Gasteiger partial charge in [-0.3, -0.25) is 4.79 Å². The van der Waals surface area contributed by atoms with Crippen molar-refractivity contribution in [1.29, 1.82) is 0 Å². The zero-order chi connectivity index (χ0) is 21.1. The standard InChI is InChI=1S/C22H18ClN3O4/c1-28-19-10-14-9-15(21(27)25-18(14)11-20(19)29-2)12-30-22-24-8-7-17(26-22)13-3-5-16(23)6-4-13/h3-11H,12H2,1-2H3,(H,25,27). The van der Waals surface area contributed by atoms with Crippen LogP contribution in [0.3, 0.4) is 0 Å². The maximum absolute atomic E-state index is 12.5. The molecule has 4 aromatic rings. The first-order valence-corrected chi connectivity index (χ1v) is 9.45. The van der Waals surface area contributed by atoms with E-state index in [1.54, 1.807) is 56.8 Å². The Morgan fingerprint density at radius 3 is 2.47 bits per heavy atom. The van der Waals surface area contributed by atoms with Gasteiger partial charge < -0.3 is 19.2 Å². The Morgan fingerprint density at radius 2 is 1.73 bits per heavy atom. The molecule has 2 aromatic heterocycles. The lowest BCUT2D eigenvalue weighted by molar-refractivity contribution is 0.280. The predicted molar refractivity (Wildman–Crippen MR) is 114 cm³/mol. The number of methoxy groups -OCH3 is 2. The van der Waals surface area contributed by atoms with Gasteiger partial charge in [0.15, 0.2) is 11.5 Å². The third-order valence-electron chi connectivity index (χ3n) is 4.56. The van der Waals surface area contributed by atoms with Crippen LogP contribution in [-0.2, 0) is 6.61 Å². The molecule has 2 heterocycles. The third-order valence-corrected chi connectivity index (χ3v) is 4.81. The minimum Gasteiger partial charge on any atom is -0.493 e. The second kappa shape index (κ2) is 8.42. The Bertz CT molecular complexity index is 1260. The highest BCUT2D eigenvalue weighted by molar-refractivity contribution is 6.30. The van der Waals surface area contributed by atoms with Crippen LogP contribution in [0.25, 0.3) is 22.2 Å². The van der Waals surface area contributed by atoms with Crippen LogP contribution in [0, 0.1) is 0 Å². The first-order chi connectivity index (χ1) is 14.6. The van der Waals surface area contributed by atoms with Crippen LogP contribution in [0.1, 0.15) is 5.56 Å². The highest BCUT2D eigenvalue weighted by atomic mass is 35.5.